The van der Waals surface area contributed by atoms with Crippen LogP contribution in [-0.2, 0) is 16.0 Å². The van der Waals surface area contributed by atoms with Gasteiger partial charge < -0.3 is 15.7 Å². The Kier molecular flexibility index (Phi) is 4.50. The van der Waals surface area contributed by atoms with E-state index in [1.54, 1.807) is 0 Å². The van der Waals surface area contributed by atoms with Crippen LogP contribution < -0.4 is 10.6 Å². The summed E-state index contributed by atoms with van der Waals surface area (Å²) in [5.74, 6) is -0.984. The second-order valence-electron chi connectivity index (χ2n) is 6.21. The number of fused-ring (bicyclic) bond motifs is 1. The predicted octanol–water partition coefficient (Wildman–Crippen LogP) is 2.03. The largest absolute Gasteiger partial charge is 0.481 e. The van der Waals surface area contributed by atoms with E-state index >= 15 is 0 Å². The van der Waals surface area contributed by atoms with E-state index in [2.05, 4.69) is 10.6 Å². The van der Waals surface area contributed by atoms with Crippen molar-refractivity contribution in [3.8, 4) is 0 Å². The van der Waals surface area contributed by atoms with E-state index in [0.29, 0.717) is 19.4 Å². The van der Waals surface area contributed by atoms with Crippen LogP contribution in [0.2, 0.25) is 0 Å². The molecule has 1 aliphatic heterocycles. The van der Waals surface area contributed by atoms with E-state index in [1.807, 2.05) is 38.1 Å². The summed E-state index contributed by atoms with van der Waals surface area (Å²) in [7, 11) is 0. The number of aliphatic carboxylic acids is 1. The Morgan fingerprint density at radius 3 is 2.81 bits per heavy atom. The second kappa shape index (κ2) is 6.16. The van der Waals surface area contributed by atoms with E-state index in [0.717, 1.165) is 11.3 Å². The molecule has 0 radical (unpaired) electrons. The average molecular weight is 290 g/mol. The molecular formula is C16H22N2O3. The van der Waals surface area contributed by atoms with Crippen molar-refractivity contribution in [3.63, 3.8) is 0 Å². The van der Waals surface area contributed by atoms with Gasteiger partial charge in [-0.15, -0.1) is 0 Å². The summed E-state index contributed by atoms with van der Waals surface area (Å²) in [5.41, 5.74) is 1.73. The van der Waals surface area contributed by atoms with Crippen LogP contribution in [-0.4, -0.2) is 29.1 Å². The van der Waals surface area contributed by atoms with E-state index in [4.69, 9.17) is 5.11 Å². The molecule has 1 aliphatic rings. The average Bonchev–Trinajstić information content (AvgIpc) is 2.44. The van der Waals surface area contributed by atoms with Gasteiger partial charge in [0.15, 0.2) is 0 Å². The highest BCUT2D eigenvalue weighted by Gasteiger charge is 2.28. The second-order valence-corrected chi connectivity index (χ2v) is 6.21. The van der Waals surface area contributed by atoms with Crippen LogP contribution in [0.25, 0.3) is 0 Å². The molecule has 0 aliphatic carbocycles. The fourth-order valence-corrected chi connectivity index (χ4v) is 2.54. The van der Waals surface area contributed by atoms with Crippen molar-refractivity contribution in [2.45, 2.75) is 38.6 Å². The molecule has 0 saturated carbocycles. The van der Waals surface area contributed by atoms with Gasteiger partial charge in [0, 0.05) is 24.2 Å². The Labute approximate surface area is 124 Å². The van der Waals surface area contributed by atoms with Gasteiger partial charge in [-0.05, 0) is 38.3 Å². The van der Waals surface area contributed by atoms with E-state index in [-0.39, 0.29) is 18.2 Å². The van der Waals surface area contributed by atoms with Gasteiger partial charge in [0.25, 0.3) is 0 Å². The third kappa shape index (κ3) is 4.21. The Bertz CT molecular complexity index is 540. The zero-order valence-corrected chi connectivity index (χ0v) is 12.5. The first-order chi connectivity index (χ1) is 9.87. The summed E-state index contributed by atoms with van der Waals surface area (Å²) >= 11 is 0. The molecular weight excluding hydrogens is 268 g/mol. The van der Waals surface area contributed by atoms with Crippen LogP contribution in [0.4, 0.5) is 5.69 Å². The standard InChI is InChI=1S/C16H22N2O3/c1-16(2,8-7-14(19)20)18-15(21)12-9-11-5-3-4-6-13(11)17-10-12/h3-6,12,17H,7-10H2,1-2H3,(H,18,21)(H,19,20). The zero-order chi connectivity index (χ0) is 15.5. The van der Waals surface area contributed by atoms with E-state index in [9.17, 15) is 9.59 Å². The minimum absolute atomic E-state index is 0.0209. The monoisotopic (exact) mass is 290 g/mol. The lowest BCUT2D eigenvalue weighted by molar-refractivity contribution is -0.138. The molecule has 1 atom stereocenters. The number of carbonyl (C=O) groups is 2. The summed E-state index contributed by atoms with van der Waals surface area (Å²) in [6.45, 7) is 4.33. The lowest BCUT2D eigenvalue weighted by atomic mass is 9.91. The maximum absolute atomic E-state index is 12.4. The highest BCUT2D eigenvalue weighted by molar-refractivity contribution is 5.81. The number of amides is 1. The number of carboxylic acid groups (broad SMARTS) is 1. The number of rotatable bonds is 5. The fraction of sp³-hybridized carbons (Fsp3) is 0.500. The first-order valence-electron chi connectivity index (χ1n) is 7.23. The Balaban J connectivity index is 1.94. The first kappa shape index (κ1) is 15.4. The van der Waals surface area contributed by atoms with Gasteiger partial charge in [-0.1, -0.05) is 18.2 Å². The number of nitrogens with one attached hydrogen (secondary N) is 2. The molecule has 1 unspecified atom stereocenters. The summed E-state index contributed by atoms with van der Waals surface area (Å²) in [6.07, 6.45) is 1.19. The van der Waals surface area contributed by atoms with Crippen molar-refractivity contribution in [3.05, 3.63) is 29.8 Å². The molecule has 3 N–H and O–H groups in total. The van der Waals surface area contributed by atoms with Crippen molar-refractivity contribution in [1.29, 1.82) is 0 Å². The SMILES string of the molecule is CC(C)(CCC(=O)O)NC(=O)C1CNc2ccccc2C1. The molecule has 1 aromatic carbocycles. The van der Waals surface area contributed by atoms with Crippen LogP contribution in [0, 0.1) is 5.92 Å². The topological polar surface area (TPSA) is 78.4 Å². The lowest BCUT2D eigenvalue weighted by Crippen LogP contribution is -2.48. The smallest absolute Gasteiger partial charge is 0.303 e. The van der Waals surface area contributed by atoms with Gasteiger partial charge in [0.2, 0.25) is 5.91 Å². The van der Waals surface area contributed by atoms with E-state index < -0.39 is 11.5 Å². The Morgan fingerprint density at radius 1 is 1.38 bits per heavy atom. The first-order valence-corrected chi connectivity index (χ1v) is 7.23. The molecule has 0 aromatic heterocycles. The summed E-state index contributed by atoms with van der Waals surface area (Å²) < 4.78 is 0. The molecule has 1 heterocycles. The van der Waals surface area contributed by atoms with Crippen molar-refractivity contribution < 1.29 is 14.7 Å². The highest BCUT2D eigenvalue weighted by atomic mass is 16.4. The summed E-state index contributed by atoms with van der Waals surface area (Å²) in [4.78, 5) is 23.0. The quantitative estimate of drug-likeness (QED) is 0.775. The Hall–Kier alpha value is -2.04. The van der Waals surface area contributed by atoms with E-state index in [1.165, 1.54) is 0 Å². The van der Waals surface area contributed by atoms with Gasteiger partial charge in [-0.2, -0.15) is 0 Å². The number of carboxylic acids is 1. The van der Waals surface area contributed by atoms with Crippen molar-refractivity contribution in [2.75, 3.05) is 11.9 Å². The van der Waals surface area contributed by atoms with Gasteiger partial charge >= 0.3 is 5.97 Å². The molecule has 5 nitrogen and oxygen atoms in total. The van der Waals surface area contributed by atoms with Crippen molar-refractivity contribution in [1.82, 2.24) is 5.32 Å². The van der Waals surface area contributed by atoms with Crippen LogP contribution in [0.1, 0.15) is 32.3 Å². The van der Waals surface area contributed by atoms with Crippen molar-refractivity contribution >= 4 is 17.6 Å². The van der Waals surface area contributed by atoms with Crippen molar-refractivity contribution in [2.24, 2.45) is 5.92 Å². The van der Waals surface area contributed by atoms with Crippen LogP contribution in [0.3, 0.4) is 0 Å². The molecule has 1 amide bonds. The molecule has 21 heavy (non-hydrogen) atoms. The molecule has 0 fully saturated rings. The number of carbonyl (C=O) groups excluding carboxylic acids is 1. The fourth-order valence-electron chi connectivity index (χ4n) is 2.54. The van der Waals surface area contributed by atoms with Crippen LogP contribution in [0.15, 0.2) is 24.3 Å². The Morgan fingerprint density at radius 2 is 2.10 bits per heavy atom. The minimum atomic E-state index is -0.842. The van der Waals surface area contributed by atoms with Gasteiger partial charge in [-0.25, -0.2) is 0 Å². The predicted molar refractivity (Wildman–Crippen MR) is 81.2 cm³/mol. The minimum Gasteiger partial charge on any atom is -0.481 e. The number of hydrogen-bond acceptors (Lipinski definition) is 3. The highest BCUT2D eigenvalue weighted by Crippen LogP contribution is 2.25. The maximum atomic E-state index is 12.4. The molecule has 114 valence electrons. The number of benzene rings is 1. The molecule has 5 heteroatoms. The maximum Gasteiger partial charge on any atom is 0.303 e. The van der Waals surface area contributed by atoms with Crippen LogP contribution in [0.5, 0.6) is 0 Å². The molecule has 0 bridgehead atoms. The number of para-hydroxylation sites is 1. The third-order valence-corrected chi connectivity index (χ3v) is 3.82. The van der Waals surface area contributed by atoms with Gasteiger partial charge in [-0.3, -0.25) is 9.59 Å². The normalized spacial score (nSPS) is 17.5. The lowest BCUT2D eigenvalue weighted by Gasteiger charge is -2.31. The number of hydrogen-bond donors (Lipinski definition) is 3. The zero-order valence-electron chi connectivity index (χ0n) is 12.5. The number of anilines is 1. The molecule has 1 aromatic rings. The molecule has 2 rings (SSSR count). The van der Waals surface area contributed by atoms with Gasteiger partial charge in [0.05, 0.1) is 5.92 Å². The molecule has 0 spiro atoms. The third-order valence-electron chi connectivity index (χ3n) is 3.82. The van der Waals surface area contributed by atoms with Gasteiger partial charge in [0.1, 0.15) is 0 Å². The summed E-state index contributed by atoms with van der Waals surface area (Å²) in [5, 5.41) is 15.0. The summed E-state index contributed by atoms with van der Waals surface area (Å²) in [6, 6.07) is 7.98. The molecule has 0 saturated heterocycles. The van der Waals surface area contributed by atoms with Crippen LogP contribution >= 0.6 is 0 Å².